The Hall–Kier alpha value is -3.77. The van der Waals surface area contributed by atoms with E-state index in [-0.39, 0.29) is 5.91 Å². The third-order valence-electron chi connectivity index (χ3n) is 6.47. The zero-order valence-corrected chi connectivity index (χ0v) is 21.8. The van der Waals surface area contributed by atoms with Crippen molar-refractivity contribution in [3.63, 3.8) is 0 Å². The van der Waals surface area contributed by atoms with Gasteiger partial charge < -0.3 is 20.3 Å². The van der Waals surface area contributed by atoms with Crippen LogP contribution in [-0.4, -0.2) is 70.9 Å². The normalized spacial score (nSPS) is 15.0. The van der Waals surface area contributed by atoms with Crippen LogP contribution in [0, 0.1) is 6.92 Å². The van der Waals surface area contributed by atoms with E-state index in [1.807, 2.05) is 72.6 Å². The zero-order chi connectivity index (χ0) is 25.3. The number of hydrogen-bond donors (Lipinski definition) is 2. The molecule has 1 fully saturated rings. The highest BCUT2D eigenvalue weighted by Crippen LogP contribution is 2.42. The number of ether oxygens (including phenoxy) is 1. The standard InChI is InChI=1S/C27H31N6O2P/c1-19-10-11-22(24(17-19)35-2)29-27-30-25(23-9-6-12-33(23)31-27)28-21-8-5-7-20(18-21)26(34)32-13-15-36(3,4)16-14-32/h5-12,17-18H,3,13-16H2,1-2,4H3,(H2,28,29,30,31). The van der Waals surface area contributed by atoms with Gasteiger partial charge in [-0.3, -0.25) is 4.79 Å². The van der Waals surface area contributed by atoms with Gasteiger partial charge in [0.25, 0.3) is 5.91 Å². The van der Waals surface area contributed by atoms with E-state index in [1.165, 1.54) is 0 Å². The molecule has 0 bridgehead atoms. The number of methoxy groups -OCH3 is 1. The number of nitrogens with zero attached hydrogens (tertiary/aromatic N) is 4. The molecule has 186 valence electrons. The summed E-state index contributed by atoms with van der Waals surface area (Å²) in [4.78, 5) is 19.8. The Bertz CT molecular complexity index is 1470. The first-order valence-electron chi connectivity index (χ1n) is 11.9. The molecule has 9 heteroatoms. The quantitative estimate of drug-likeness (QED) is 0.358. The summed E-state index contributed by atoms with van der Waals surface area (Å²) in [5.41, 5.74) is 4.14. The van der Waals surface area contributed by atoms with Crippen LogP contribution in [0.3, 0.4) is 0 Å². The molecular formula is C27H31N6O2P. The van der Waals surface area contributed by atoms with Crippen molar-refractivity contribution in [1.29, 1.82) is 0 Å². The topological polar surface area (TPSA) is 83.8 Å². The van der Waals surface area contributed by atoms with Crippen molar-refractivity contribution in [3.8, 4) is 5.75 Å². The van der Waals surface area contributed by atoms with Crippen LogP contribution < -0.4 is 15.4 Å². The van der Waals surface area contributed by atoms with Gasteiger partial charge in [-0.2, -0.15) is 4.98 Å². The number of aryl methyl sites for hydroxylation is 1. The fourth-order valence-corrected chi connectivity index (χ4v) is 5.97. The number of anilines is 4. The lowest BCUT2D eigenvalue weighted by Crippen LogP contribution is -2.39. The SMILES string of the molecule is C=P1(C)CCN(C(=O)c2cccc(Nc3nc(Nc4ccc(C)cc4OC)nn4cccc34)c2)CC1. The van der Waals surface area contributed by atoms with Crippen LogP contribution in [0.4, 0.5) is 23.1 Å². The van der Waals surface area contributed by atoms with Gasteiger partial charge in [-0.05, 0) is 73.9 Å². The van der Waals surface area contributed by atoms with Crippen molar-refractivity contribution in [3.05, 3.63) is 71.9 Å². The summed E-state index contributed by atoms with van der Waals surface area (Å²) in [6, 6.07) is 17.3. The Morgan fingerprint density at radius 1 is 1.08 bits per heavy atom. The summed E-state index contributed by atoms with van der Waals surface area (Å²) in [6.07, 6.45) is 8.27. The maximum absolute atomic E-state index is 13.2. The Morgan fingerprint density at radius 3 is 2.67 bits per heavy atom. The molecule has 1 saturated heterocycles. The van der Waals surface area contributed by atoms with Crippen LogP contribution in [0.25, 0.3) is 5.52 Å². The molecule has 1 aliphatic heterocycles. The molecule has 4 aromatic rings. The van der Waals surface area contributed by atoms with Gasteiger partial charge in [0.2, 0.25) is 5.95 Å². The molecular weight excluding hydrogens is 471 g/mol. The minimum Gasteiger partial charge on any atom is -0.495 e. The summed E-state index contributed by atoms with van der Waals surface area (Å²) in [5, 5.41) is 11.2. The second kappa shape index (κ2) is 9.70. The molecule has 1 amide bonds. The van der Waals surface area contributed by atoms with E-state index in [2.05, 4.69) is 28.7 Å². The lowest BCUT2D eigenvalue weighted by molar-refractivity contribution is 0.0771. The van der Waals surface area contributed by atoms with Gasteiger partial charge in [0, 0.05) is 30.5 Å². The molecule has 0 spiro atoms. The largest absolute Gasteiger partial charge is 0.495 e. The van der Waals surface area contributed by atoms with Gasteiger partial charge >= 0.3 is 0 Å². The molecule has 36 heavy (non-hydrogen) atoms. The molecule has 1 aliphatic rings. The van der Waals surface area contributed by atoms with Crippen LogP contribution in [0.5, 0.6) is 5.75 Å². The molecule has 8 nitrogen and oxygen atoms in total. The van der Waals surface area contributed by atoms with E-state index in [1.54, 1.807) is 11.6 Å². The van der Waals surface area contributed by atoms with Crippen LogP contribution >= 0.6 is 6.89 Å². The second-order valence-electron chi connectivity index (χ2n) is 9.52. The number of benzene rings is 2. The monoisotopic (exact) mass is 502 g/mol. The van der Waals surface area contributed by atoms with Crippen LogP contribution in [0.2, 0.25) is 0 Å². The molecule has 0 radical (unpaired) electrons. The fourth-order valence-electron chi connectivity index (χ4n) is 4.30. The molecule has 5 rings (SSSR count). The van der Waals surface area contributed by atoms with Crippen molar-refractivity contribution in [2.45, 2.75) is 6.92 Å². The highest BCUT2D eigenvalue weighted by atomic mass is 31.2. The van der Waals surface area contributed by atoms with Crippen LogP contribution in [0.15, 0.2) is 60.8 Å². The van der Waals surface area contributed by atoms with Crippen molar-refractivity contribution >= 4 is 47.8 Å². The summed E-state index contributed by atoms with van der Waals surface area (Å²) in [6.45, 7) is 4.73. The number of hydrogen-bond acceptors (Lipinski definition) is 6. The number of rotatable bonds is 6. The smallest absolute Gasteiger partial charge is 0.253 e. The Kier molecular flexibility index (Phi) is 6.46. The van der Waals surface area contributed by atoms with Gasteiger partial charge in [0.15, 0.2) is 5.82 Å². The molecule has 2 N–H and O–H groups in total. The molecule has 2 aromatic heterocycles. The summed E-state index contributed by atoms with van der Waals surface area (Å²) in [7, 11) is 1.64. The second-order valence-corrected chi connectivity index (χ2v) is 13.6. The van der Waals surface area contributed by atoms with Crippen molar-refractivity contribution in [1.82, 2.24) is 19.5 Å². The molecule has 0 unspecified atom stereocenters. The molecule has 0 atom stereocenters. The number of carbonyl (C=O) groups is 1. The van der Waals surface area contributed by atoms with E-state index in [0.717, 1.165) is 47.9 Å². The predicted octanol–water partition coefficient (Wildman–Crippen LogP) is 5.07. The maximum Gasteiger partial charge on any atom is 0.253 e. The van der Waals surface area contributed by atoms with E-state index < -0.39 is 6.89 Å². The maximum atomic E-state index is 13.2. The Morgan fingerprint density at radius 2 is 1.89 bits per heavy atom. The number of aromatic nitrogens is 3. The van der Waals surface area contributed by atoms with Crippen LogP contribution in [0.1, 0.15) is 15.9 Å². The fraction of sp³-hybridized carbons (Fsp3) is 0.259. The van der Waals surface area contributed by atoms with E-state index in [0.29, 0.717) is 23.1 Å². The third kappa shape index (κ3) is 5.09. The summed E-state index contributed by atoms with van der Waals surface area (Å²) in [5.74, 6) is 1.82. The van der Waals surface area contributed by atoms with E-state index >= 15 is 0 Å². The third-order valence-corrected chi connectivity index (χ3v) is 9.03. The first-order valence-corrected chi connectivity index (χ1v) is 14.7. The van der Waals surface area contributed by atoms with Crippen molar-refractivity contribution in [2.24, 2.45) is 0 Å². The minimum atomic E-state index is -1.10. The summed E-state index contributed by atoms with van der Waals surface area (Å²) >= 11 is 0. The van der Waals surface area contributed by atoms with Crippen molar-refractivity contribution < 1.29 is 9.53 Å². The average Bonchev–Trinajstić information content (AvgIpc) is 3.34. The van der Waals surface area contributed by atoms with Gasteiger partial charge in [-0.15, -0.1) is 18.3 Å². The highest BCUT2D eigenvalue weighted by Gasteiger charge is 2.23. The van der Waals surface area contributed by atoms with Gasteiger partial charge in [0.1, 0.15) is 11.3 Å². The molecule has 2 aromatic carbocycles. The minimum absolute atomic E-state index is 0.0580. The zero-order valence-electron chi connectivity index (χ0n) is 20.9. The number of nitrogens with one attached hydrogen (secondary N) is 2. The highest BCUT2D eigenvalue weighted by molar-refractivity contribution is 7.73. The number of fused-ring (bicyclic) bond motifs is 1. The lowest BCUT2D eigenvalue weighted by atomic mass is 10.1. The molecule has 3 heterocycles. The van der Waals surface area contributed by atoms with Crippen molar-refractivity contribution in [2.75, 3.05) is 49.8 Å². The molecule has 0 saturated carbocycles. The van der Waals surface area contributed by atoms with Gasteiger partial charge in [-0.1, -0.05) is 12.1 Å². The Balaban J connectivity index is 1.40. The van der Waals surface area contributed by atoms with Gasteiger partial charge in [0.05, 0.1) is 12.8 Å². The van der Waals surface area contributed by atoms with Crippen LogP contribution in [-0.2, 0) is 0 Å². The van der Waals surface area contributed by atoms with Gasteiger partial charge in [-0.25, -0.2) is 4.52 Å². The lowest BCUT2D eigenvalue weighted by Gasteiger charge is -2.34. The summed E-state index contributed by atoms with van der Waals surface area (Å²) < 4.78 is 7.28. The Labute approximate surface area is 211 Å². The first kappa shape index (κ1) is 23.9. The average molecular weight is 503 g/mol. The number of amides is 1. The molecule has 0 aliphatic carbocycles. The van der Waals surface area contributed by atoms with E-state index in [4.69, 9.17) is 9.72 Å². The predicted molar refractivity (Wildman–Crippen MR) is 149 cm³/mol. The first-order chi connectivity index (χ1) is 17.3. The number of carbonyl (C=O) groups excluding carboxylic acids is 1. The van der Waals surface area contributed by atoms with E-state index in [9.17, 15) is 4.79 Å².